The van der Waals surface area contributed by atoms with Crippen LogP contribution in [0.15, 0.2) is 23.1 Å². The van der Waals surface area contributed by atoms with Crippen LogP contribution < -0.4 is 0 Å². The van der Waals surface area contributed by atoms with Crippen molar-refractivity contribution < 1.29 is 12.6 Å². The van der Waals surface area contributed by atoms with Crippen LogP contribution in [0.2, 0.25) is 5.02 Å². The number of nitrogens with zero attached hydrogens (tertiary/aromatic N) is 2. The minimum Gasteiger partial charge on any atom is -0.300 e. The molecule has 1 heterocycles. The first-order valence-electron chi connectivity index (χ1n) is 7.09. The molecule has 124 valence electrons. The number of hydrogen-bond donors (Lipinski definition) is 0. The summed E-state index contributed by atoms with van der Waals surface area (Å²) in [5.74, 6) is 0.628. The standard InChI is InChI=1S/C14H21ClN2O3S2/c1-12-11-13(15)3-4-14(12)22(19,20)17-7-5-16(6-8-17)9-10-21(2)18/h3-4,11H,5-10H2,1-2H3/t21-/m0/s1. The molecule has 1 atom stereocenters. The highest BCUT2D eigenvalue weighted by atomic mass is 35.5. The second-order valence-electron chi connectivity index (χ2n) is 5.43. The summed E-state index contributed by atoms with van der Waals surface area (Å²) in [6, 6.07) is 4.84. The van der Waals surface area contributed by atoms with Crippen molar-refractivity contribution in [2.45, 2.75) is 11.8 Å². The number of hydrogen-bond acceptors (Lipinski definition) is 4. The molecule has 1 aromatic carbocycles. The van der Waals surface area contributed by atoms with Crippen LogP contribution in [0.3, 0.4) is 0 Å². The summed E-state index contributed by atoms with van der Waals surface area (Å²) in [5, 5.41) is 0.536. The fourth-order valence-electron chi connectivity index (χ4n) is 2.49. The maximum Gasteiger partial charge on any atom is 0.243 e. The fourth-order valence-corrected chi connectivity index (χ4v) is 4.86. The molecule has 0 aliphatic carbocycles. The Morgan fingerprint density at radius 3 is 2.41 bits per heavy atom. The molecule has 1 aromatic rings. The molecule has 0 unspecified atom stereocenters. The lowest BCUT2D eigenvalue weighted by Crippen LogP contribution is -2.49. The Bertz CT molecular complexity index is 656. The first-order valence-corrected chi connectivity index (χ1v) is 10.6. The molecule has 0 radical (unpaired) electrons. The molecular weight excluding hydrogens is 344 g/mol. The second-order valence-corrected chi connectivity index (χ2v) is 9.33. The van der Waals surface area contributed by atoms with E-state index in [4.69, 9.17) is 11.6 Å². The minimum absolute atomic E-state index is 0.319. The number of halogens is 1. The number of aryl methyl sites for hydroxylation is 1. The summed E-state index contributed by atoms with van der Waals surface area (Å²) in [7, 11) is -4.29. The third-order valence-corrected chi connectivity index (χ3v) is 6.83. The number of rotatable bonds is 5. The Morgan fingerprint density at radius 2 is 1.86 bits per heavy atom. The molecule has 2 rings (SSSR count). The van der Waals surface area contributed by atoms with Gasteiger partial charge in [-0.3, -0.25) is 9.11 Å². The van der Waals surface area contributed by atoms with Gasteiger partial charge in [-0.2, -0.15) is 4.31 Å². The summed E-state index contributed by atoms with van der Waals surface area (Å²) in [6.45, 7) is 4.76. The van der Waals surface area contributed by atoms with Crippen molar-refractivity contribution in [3.63, 3.8) is 0 Å². The van der Waals surface area contributed by atoms with Crippen LogP contribution in [-0.4, -0.2) is 66.6 Å². The van der Waals surface area contributed by atoms with Crippen LogP contribution in [0.5, 0.6) is 0 Å². The molecule has 0 saturated carbocycles. The van der Waals surface area contributed by atoms with Crippen molar-refractivity contribution >= 4 is 32.4 Å². The van der Waals surface area contributed by atoms with E-state index in [9.17, 15) is 12.6 Å². The van der Waals surface area contributed by atoms with Gasteiger partial charge in [0, 0.05) is 60.6 Å². The van der Waals surface area contributed by atoms with Crippen molar-refractivity contribution in [2.24, 2.45) is 0 Å². The highest BCUT2D eigenvalue weighted by molar-refractivity contribution is 7.89. The van der Waals surface area contributed by atoms with Crippen molar-refractivity contribution in [3.8, 4) is 0 Å². The Morgan fingerprint density at radius 1 is 1.23 bits per heavy atom. The first-order chi connectivity index (χ1) is 10.3. The van der Waals surface area contributed by atoms with E-state index in [2.05, 4.69) is 4.90 Å². The molecule has 1 saturated heterocycles. The zero-order valence-electron chi connectivity index (χ0n) is 12.8. The van der Waals surface area contributed by atoms with E-state index in [0.29, 0.717) is 47.4 Å². The minimum atomic E-state index is -3.48. The van der Waals surface area contributed by atoms with Crippen molar-refractivity contribution in [2.75, 3.05) is 44.7 Å². The smallest absolute Gasteiger partial charge is 0.243 e. The zero-order valence-corrected chi connectivity index (χ0v) is 15.2. The number of piperazine rings is 1. The topological polar surface area (TPSA) is 57.7 Å². The Hall–Kier alpha value is -0.470. The summed E-state index contributed by atoms with van der Waals surface area (Å²) in [6.07, 6.45) is 1.68. The van der Waals surface area contributed by atoms with Crippen LogP contribution in [0.1, 0.15) is 5.56 Å². The van der Waals surface area contributed by atoms with Crippen LogP contribution in [0.25, 0.3) is 0 Å². The summed E-state index contributed by atoms with van der Waals surface area (Å²) in [4.78, 5) is 2.47. The molecular formula is C14H21ClN2O3S2. The molecule has 1 aliphatic heterocycles. The number of benzene rings is 1. The molecule has 0 spiro atoms. The Balaban J connectivity index is 2.05. The van der Waals surface area contributed by atoms with E-state index in [-0.39, 0.29) is 0 Å². The van der Waals surface area contributed by atoms with E-state index < -0.39 is 20.8 Å². The van der Waals surface area contributed by atoms with E-state index in [0.717, 1.165) is 6.54 Å². The largest absolute Gasteiger partial charge is 0.300 e. The van der Waals surface area contributed by atoms with Crippen LogP contribution in [0.4, 0.5) is 0 Å². The summed E-state index contributed by atoms with van der Waals surface area (Å²) in [5.41, 5.74) is 0.663. The number of sulfonamides is 1. The van der Waals surface area contributed by atoms with Crippen molar-refractivity contribution in [1.82, 2.24) is 9.21 Å². The van der Waals surface area contributed by atoms with Gasteiger partial charge in [0.15, 0.2) is 0 Å². The highest BCUT2D eigenvalue weighted by Gasteiger charge is 2.29. The second kappa shape index (κ2) is 7.40. The van der Waals surface area contributed by atoms with E-state index >= 15 is 0 Å². The highest BCUT2D eigenvalue weighted by Crippen LogP contribution is 2.23. The van der Waals surface area contributed by atoms with Gasteiger partial charge in [-0.05, 0) is 30.7 Å². The molecule has 1 fully saturated rings. The fraction of sp³-hybridized carbons (Fsp3) is 0.571. The normalized spacial score (nSPS) is 19.2. The summed E-state index contributed by atoms with van der Waals surface area (Å²) < 4.78 is 38.1. The third-order valence-electron chi connectivity index (χ3n) is 3.78. The zero-order chi connectivity index (χ0) is 16.3. The maximum atomic E-state index is 12.7. The maximum absolute atomic E-state index is 12.7. The van der Waals surface area contributed by atoms with Gasteiger partial charge in [0.2, 0.25) is 10.0 Å². The lowest BCUT2D eigenvalue weighted by Gasteiger charge is -2.34. The van der Waals surface area contributed by atoms with Gasteiger partial charge in [0.05, 0.1) is 4.90 Å². The molecule has 1 aliphatic rings. The monoisotopic (exact) mass is 364 g/mol. The average molecular weight is 365 g/mol. The predicted octanol–water partition coefficient (Wildman–Crippen LogP) is 1.33. The molecule has 8 heteroatoms. The van der Waals surface area contributed by atoms with Gasteiger partial charge in [-0.25, -0.2) is 8.42 Å². The molecule has 5 nitrogen and oxygen atoms in total. The summed E-state index contributed by atoms with van der Waals surface area (Å²) >= 11 is 5.89. The Labute approximate surface area is 139 Å². The quantitative estimate of drug-likeness (QED) is 0.791. The van der Waals surface area contributed by atoms with E-state index in [1.54, 1.807) is 31.4 Å². The van der Waals surface area contributed by atoms with Crippen LogP contribution in [0, 0.1) is 6.92 Å². The van der Waals surface area contributed by atoms with Crippen LogP contribution >= 0.6 is 11.6 Å². The first kappa shape index (κ1) is 17.9. The van der Waals surface area contributed by atoms with Crippen molar-refractivity contribution in [1.29, 1.82) is 0 Å². The SMILES string of the molecule is Cc1cc(Cl)ccc1S(=O)(=O)N1CCN(CC[S@](C)=O)CC1. The lowest BCUT2D eigenvalue weighted by molar-refractivity contribution is 0.197. The molecule has 0 N–H and O–H groups in total. The van der Waals surface area contributed by atoms with Gasteiger partial charge in [-0.15, -0.1) is 0 Å². The molecule has 0 bridgehead atoms. The van der Waals surface area contributed by atoms with Gasteiger partial charge < -0.3 is 0 Å². The Kier molecular flexibility index (Phi) is 6.01. The van der Waals surface area contributed by atoms with E-state index in [1.165, 1.54) is 4.31 Å². The van der Waals surface area contributed by atoms with Gasteiger partial charge >= 0.3 is 0 Å². The third kappa shape index (κ3) is 4.29. The molecule has 0 amide bonds. The van der Waals surface area contributed by atoms with Gasteiger partial charge in [0.25, 0.3) is 0 Å². The molecule has 0 aromatic heterocycles. The average Bonchev–Trinajstić information content (AvgIpc) is 2.45. The van der Waals surface area contributed by atoms with Gasteiger partial charge in [0.1, 0.15) is 0 Å². The lowest BCUT2D eigenvalue weighted by atomic mass is 10.2. The van der Waals surface area contributed by atoms with Gasteiger partial charge in [-0.1, -0.05) is 11.6 Å². The van der Waals surface area contributed by atoms with Crippen molar-refractivity contribution in [3.05, 3.63) is 28.8 Å². The van der Waals surface area contributed by atoms with Crippen LogP contribution in [-0.2, 0) is 20.8 Å². The van der Waals surface area contributed by atoms with E-state index in [1.807, 2.05) is 0 Å². The molecule has 22 heavy (non-hydrogen) atoms. The predicted molar refractivity (Wildman–Crippen MR) is 90.3 cm³/mol.